The second-order valence-electron chi connectivity index (χ2n) is 5.78. The molecular formula is C18H16O3. The van der Waals surface area contributed by atoms with Gasteiger partial charge in [0.15, 0.2) is 0 Å². The van der Waals surface area contributed by atoms with Crippen LogP contribution in [0.1, 0.15) is 28.7 Å². The molecular weight excluding hydrogens is 264 g/mol. The first-order valence-electron chi connectivity index (χ1n) is 7.26. The Hall–Kier alpha value is -2.13. The van der Waals surface area contributed by atoms with Gasteiger partial charge in [0.1, 0.15) is 0 Å². The van der Waals surface area contributed by atoms with Crippen LogP contribution < -0.4 is 0 Å². The van der Waals surface area contributed by atoms with Gasteiger partial charge in [-0.25, -0.2) is 0 Å². The van der Waals surface area contributed by atoms with E-state index in [9.17, 15) is 9.90 Å². The molecule has 21 heavy (non-hydrogen) atoms. The number of fused-ring (bicyclic) bond motifs is 2. The quantitative estimate of drug-likeness (QED) is 0.817. The average molecular weight is 280 g/mol. The van der Waals surface area contributed by atoms with Crippen molar-refractivity contribution in [2.24, 2.45) is 11.8 Å². The SMILES string of the molecule is O=C1OCC2C1[C@@H](c1ccccc1)c1ccccc1[C@@H]2O. The molecule has 0 radical (unpaired) electrons. The molecule has 1 aliphatic carbocycles. The monoisotopic (exact) mass is 280 g/mol. The third kappa shape index (κ3) is 1.81. The topological polar surface area (TPSA) is 46.5 Å². The van der Waals surface area contributed by atoms with Gasteiger partial charge in [0.25, 0.3) is 0 Å². The number of hydrogen-bond acceptors (Lipinski definition) is 3. The van der Waals surface area contributed by atoms with E-state index in [2.05, 4.69) is 0 Å². The van der Waals surface area contributed by atoms with E-state index in [0.29, 0.717) is 6.61 Å². The van der Waals surface area contributed by atoms with Crippen LogP contribution in [0.4, 0.5) is 0 Å². The number of ether oxygens (including phenoxy) is 1. The van der Waals surface area contributed by atoms with Gasteiger partial charge < -0.3 is 9.84 Å². The summed E-state index contributed by atoms with van der Waals surface area (Å²) in [6.07, 6.45) is -0.627. The van der Waals surface area contributed by atoms with Crippen LogP contribution in [0.3, 0.4) is 0 Å². The minimum absolute atomic E-state index is 0.0363. The van der Waals surface area contributed by atoms with E-state index in [1.807, 2.05) is 54.6 Å². The van der Waals surface area contributed by atoms with Gasteiger partial charge in [-0.05, 0) is 16.7 Å². The number of cyclic esters (lactones) is 1. The van der Waals surface area contributed by atoms with E-state index in [4.69, 9.17) is 4.74 Å². The average Bonchev–Trinajstić information content (AvgIpc) is 2.91. The van der Waals surface area contributed by atoms with Crippen molar-refractivity contribution in [3.05, 3.63) is 71.3 Å². The number of benzene rings is 2. The Kier molecular flexibility index (Phi) is 2.82. The maximum absolute atomic E-state index is 12.2. The van der Waals surface area contributed by atoms with Crippen molar-refractivity contribution in [3.63, 3.8) is 0 Å². The summed E-state index contributed by atoms with van der Waals surface area (Å²) in [7, 11) is 0. The standard InChI is InChI=1S/C18H16O3/c19-17-13-9-5-4-8-12(13)15(11-6-2-1-3-7-11)16-14(17)10-21-18(16)20/h1-9,14-17,19H,10H2/t14?,15-,16?,17-/m0/s1. The summed E-state index contributed by atoms with van der Waals surface area (Å²) in [6, 6.07) is 17.9. The summed E-state index contributed by atoms with van der Waals surface area (Å²) in [5, 5.41) is 10.6. The summed E-state index contributed by atoms with van der Waals surface area (Å²) < 4.78 is 5.25. The van der Waals surface area contributed by atoms with E-state index in [-0.39, 0.29) is 23.7 Å². The molecule has 1 aliphatic heterocycles. The summed E-state index contributed by atoms with van der Waals surface area (Å²) >= 11 is 0. The van der Waals surface area contributed by atoms with Crippen LogP contribution in [0.25, 0.3) is 0 Å². The highest BCUT2D eigenvalue weighted by atomic mass is 16.5. The molecule has 2 aromatic rings. The Labute approximate surface area is 123 Å². The van der Waals surface area contributed by atoms with Crippen molar-refractivity contribution in [1.29, 1.82) is 0 Å². The lowest BCUT2D eigenvalue weighted by atomic mass is 9.66. The van der Waals surface area contributed by atoms with Crippen molar-refractivity contribution in [2.75, 3.05) is 6.61 Å². The molecule has 0 spiro atoms. The Balaban J connectivity index is 1.93. The Morgan fingerprint density at radius 2 is 1.62 bits per heavy atom. The van der Waals surface area contributed by atoms with Crippen molar-refractivity contribution < 1.29 is 14.6 Å². The van der Waals surface area contributed by atoms with Crippen LogP contribution in [0.2, 0.25) is 0 Å². The second-order valence-corrected chi connectivity index (χ2v) is 5.78. The molecule has 1 N–H and O–H groups in total. The fourth-order valence-corrected chi connectivity index (χ4v) is 3.76. The number of aliphatic hydroxyl groups is 1. The normalized spacial score (nSPS) is 30.4. The lowest BCUT2D eigenvalue weighted by Crippen LogP contribution is -2.34. The zero-order chi connectivity index (χ0) is 14.4. The molecule has 0 saturated carbocycles. The van der Waals surface area contributed by atoms with E-state index in [1.165, 1.54) is 0 Å². The van der Waals surface area contributed by atoms with E-state index in [1.54, 1.807) is 0 Å². The lowest BCUT2D eigenvalue weighted by molar-refractivity contribution is -0.141. The van der Waals surface area contributed by atoms with Gasteiger partial charge in [-0.15, -0.1) is 0 Å². The predicted molar refractivity (Wildman–Crippen MR) is 77.6 cm³/mol. The fourth-order valence-electron chi connectivity index (χ4n) is 3.76. The molecule has 4 atom stereocenters. The largest absolute Gasteiger partial charge is 0.465 e. The number of aliphatic hydroxyl groups excluding tert-OH is 1. The maximum Gasteiger partial charge on any atom is 0.310 e. The number of esters is 1. The highest BCUT2D eigenvalue weighted by molar-refractivity contribution is 5.78. The number of rotatable bonds is 1. The van der Waals surface area contributed by atoms with Crippen LogP contribution in [-0.2, 0) is 9.53 Å². The zero-order valence-electron chi connectivity index (χ0n) is 11.5. The Morgan fingerprint density at radius 1 is 0.952 bits per heavy atom. The van der Waals surface area contributed by atoms with Crippen molar-refractivity contribution in [2.45, 2.75) is 12.0 Å². The molecule has 0 amide bonds. The molecule has 1 heterocycles. The maximum atomic E-state index is 12.2. The molecule has 0 aromatic heterocycles. The van der Waals surface area contributed by atoms with Crippen LogP contribution in [0, 0.1) is 11.8 Å². The Bertz CT molecular complexity index is 680. The first kappa shape index (κ1) is 12.6. The molecule has 106 valence electrons. The molecule has 2 aromatic carbocycles. The molecule has 2 unspecified atom stereocenters. The molecule has 4 rings (SSSR count). The number of hydrogen-bond donors (Lipinski definition) is 1. The van der Waals surface area contributed by atoms with Gasteiger partial charge in [0, 0.05) is 11.8 Å². The summed E-state index contributed by atoms with van der Waals surface area (Å²) in [5.74, 6) is -0.678. The third-order valence-electron chi connectivity index (χ3n) is 4.72. The molecule has 2 aliphatic rings. The first-order chi connectivity index (χ1) is 10.3. The van der Waals surface area contributed by atoms with Gasteiger partial charge in [-0.2, -0.15) is 0 Å². The van der Waals surface area contributed by atoms with Gasteiger partial charge >= 0.3 is 5.97 Å². The highest BCUT2D eigenvalue weighted by Gasteiger charge is 2.51. The van der Waals surface area contributed by atoms with E-state index >= 15 is 0 Å². The number of carbonyl (C=O) groups is 1. The lowest BCUT2D eigenvalue weighted by Gasteiger charge is -2.36. The minimum atomic E-state index is -0.627. The predicted octanol–water partition coefficient (Wildman–Crippen LogP) is 2.65. The third-order valence-corrected chi connectivity index (χ3v) is 4.72. The van der Waals surface area contributed by atoms with Crippen molar-refractivity contribution >= 4 is 5.97 Å². The van der Waals surface area contributed by atoms with Gasteiger partial charge in [-0.1, -0.05) is 54.6 Å². The highest BCUT2D eigenvalue weighted by Crippen LogP contribution is 2.51. The number of carbonyl (C=O) groups excluding carboxylic acids is 1. The smallest absolute Gasteiger partial charge is 0.310 e. The van der Waals surface area contributed by atoms with Crippen LogP contribution in [-0.4, -0.2) is 17.7 Å². The molecule has 0 bridgehead atoms. The van der Waals surface area contributed by atoms with E-state index in [0.717, 1.165) is 16.7 Å². The molecule has 1 saturated heterocycles. The Morgan fingerprint density at radius 3 is 2.38 bits per heavy atom. The van der Waals surface area contributed by atoms with Crippen LogP contribution in [0.15, 0.2) is 54.6 Å². The summed E-state index contributed by atoms with van der Waals surface area (Å²) in [4.78, 5) is 12.2. The van der Waals surface area contributed by atoms with E-state index < -0.39 is 6.10 Å². The summed E-state index contributed by atoms with van der Waals surface area (Å²) in [6.45, 7) is 0.308. The van der Waals surface area contributed by atoms with Gasteiger partial charge in [-0.3, -0.25) is 4.79 Å². The minimum Gasteiger partial charge on any atom is -0.465 e. The van der Waals surface area contributed by atoms with Crippen LogP contribution in [0.5, 0.6) is 0 Å². The molecule has 3 heteroatoms. The van der Waals surface area contributed by atoms with Crippen LogP contribution >= 0.6 is 0 Å². The molecule has 3 nitrogen and oxygen atoms in total. The summed E-state index contributed by atoms with van der Waals surface area (Å²) in [5.41, 5.74) is 3.06. The fraction of sp³-hybridized carbons (Fsp3) is 0.278. The second kappa shape index (κ2) is 4.71. The van der Waals surface area contributed by atoms with Crippen molar-refractivity contribution in [1.82, 2.24) is 0 Å². The first-order valence-corrected chi connectivity index (χ1v) is 7.26. The molecule has 1 fully saturated rings. The van der Waals surface area contributed by atoms with Gasteiger partial charge in [0.2, 0.25) is 0 Å². The van der Waals surface area contributed by atoms with Gasteiger partial charge in [0.05, 0.1) is 18.6 Å². The zero-order valence-corrected chi connectivity index (χ0v) is 11.5. The van der Waals surface area contributed by atoms with Crippen molar-refractivity contribution in [3.8, 4) is 0 Å².